The second kappa shape index (κ2) is 7.26. The number of nitrogens with one attached hydrogen (secondary N) is 1. The predicted octanol–water partition coefficient (Wildman–Crippen LogP) is 1.68. The number of methoxy groups -OCH3 is 3. The lowest BCUT2D eigenvalue weighted by Gasteiger charge is -2.11. The monoisotopic (exact) mass is 303 g/mol. The van der Waals surface area contributed by atoms with Gasteiger partial charge in [0.2, 0.25) is 11.8 Å². The Bertz CT molecular complexity index is 661. The number of aromatic nitrogens is 2. The number of para-hydroxylation sites is 1. The Kier molecular flexibility index (Phi) is 5.13. The molecule has 0 aliphatic carbocycles. The molecule has 7 nitrogen and oxygen atoms in total. The van der Waals surface area contributed by atoms with Crippen LogP contribution in [-0.4, -0.2) is 37.2 Å². The van der Waals surface area contributed by atoms with Crippen LogP contribution in [0, 0.1) is 0 Å². The van der Waals surface area contributed by atoms with Crippen LogP contribution in [0.25, 0.3) is 0 Å². The maximum absolute atomic E-state index is 12.2. The van der Waals surface area contributed by atoms with Crippen LogP contribution in [0.3, 0.4) is 0 Å². The molecule has 0 bridgehead atoms. The summed E-state index contributed by atoms with van der Waals surface area (Å²) in [6.07, 6.45) is 1.60. The molecule has 0 fully saturated rings. The Morgan fingerprint density at radius 2 is 1.91 bits per heavy atom. The van der Waals surface area contributed by atoms with E-state index in [0.717, 1.165) is 5.56 Å². The molecule has 2 aromatic rings. The molecule has 0 saturated heterocycles. The van der Waals surface area contributed by atoms with Gasteiger partial charge in [-0.25, -0.2) is 4.98 Å². The van der Waals surface area contributed by atoms with Gasteiger partial charge in [0.1, 0.15) is 11.4 Å². The molecule has 1 aromatic carbocycles. The number of carbonyl (C=O) groups is 1. The third-order valence-electron chi connectivity index (χ3n) is 2.93. The molecular weight excluding hydrogens is 286 g/mol. The van der Waals surface area contributed by atoms with E-state index in [9.17, 15) is 4.79 Å². The zero-order valence-electron chi connectivity index (χ0n) is 12.6. The standard InChI is InChI=1S/C15H17N3O4/c1-20-12-7-5-4-6-10(12)8-13(19)17-11-9-16-15(22-3)18-14(11)21-2/h4-7,9H,8H2,1-3H3,(H,17,19). The van der Waals surface area contributed by atoms with Gasteiger partial charge in [-0.1, -0.05) is 18.2 Å². The van der Waals surface area contributed by atoms with Crippen molar-refractivity contribution < 1.29 is 19.0 Å². The van der Waals surface area contributed by atoms with Crippen molar-refractivity contribution in [1.82, 2.24) is 9.97 Å². The van der Waals surface area contributed by atoms with Crippen LogP contribution in [0.1, 0.15) is 5.56 Å². The summed E-state index contributed by atoms with van der Waals surface area (Å²) in [5.74, 6) is 0.674. The number of carbonyl (C=O) groups excluding carboxylic acids is 1. The number of hydrogen-bond donors (Lipinski definition) is 1. The average molecular weight is 303 g/mol. The van der Waals surface area contributed by atoms with Gasteiger partial charge < -0.3 is 19.5 Å². The van der Waals surface area contributed by atoms with Crippen LogP contribution >= 0.6 is 0 Å². The number of ether oxygens (including phenoxy) is 3. The van der Waals surface area contributed by atoms with Gasteiger partial charge in [-0.3, -0.25) is 4.79 Å². The van der Waals surface area contributed by atoms with Crippen molar-refractivity contribution in [2.45, 2.75) is 6.42 Å². The third kappa shape index (κ3) is 3.63. The summed E-state index contributed by atoms with van der Waals surface area (Å²) in [6.45, 7) is 0. The lowest BCUT2D eigenvalue weighted by atomic mass is 10.1. The summed E-state index contributed by atoms with van der Waals surface area (Å²) in [5.41, 5.74) is 1.17. The zero-order valence-corrected chi connectivity index (χ0v) is 12.6. The molecule has 1 N–H and O–H groups in total. The van der Waals surface area contributed by atoms with Crippen molar-refractivity contribution in [3.05, 3.63) is 36.0 Å². The Morgan fingerprint density at radius 3 is 2.59 bits per heavy atom. The number of hydrogen-bond acceptors (Lipinski definition) is 6. The number of nitrogens with zero attached hydrogens (tertiary/aromatic N) is 2. The highest BCUT2D eigenvalue weighted by Gasteiger charge is 2.13. The molecule has 0 aliphatic rings. The number of amides is 1. The summed E-state index contributed by atoms with van der Waals surface area (Å²) in [4.78, 5) is 20.1. The fourth-order valence-electron chi connectivity index (χ4n) is 1.91. The number of anilines is 1. The normalized spacial score (nSPS) is 9.95. The van der Waals surface area contributed by atoms with Gasteiger partial charge in [0.15, 0.2) is 0 Å². The number of benzene rings is 1. The lowest BCUT2D eigenvalue weighted by molar-refractivity contribution is -0.115. The second-order valence-electron chi connectivity index (χ2n) is 4.32. The highest BCUT2D eigenvalue weighted by atomic mass is 16.5. The van der Waals surface area contributed by atoms with Gasteiger partial charge in [-0.2, -0.15) is 4.98 Å². The Labute approximate surface area is 128 Å². The van der Waals surface area contributed by atoms with E-state index < -0.39 is 0 Å². The van der Waals surface area contributed by atoms with Gasteiger partial charge in [0.25, 0.3) is 0 Å². The van der Waals surface area contributed by atoms with Gasteiger partial charge in [-0.15, -0.1) is 0 Å². The topological polar surface area (TPSA) is 82.6 Å². The summed E-state index contributed by atoms with van der Waals surface area (Å²) in [5, 5.41) is 2.71. The van der Waals surface area contributed by atoms with E-state index in [-0.39, 0.29) is 24.2 Å². The molecular formula is C15H17N3O4. The van der Waals surface area contributed by atoms with E-state index in [4.69, 9.17) is 14.2 Å². The number of rotatable bonds is 6. The van der Waals surface area contributed by atoms with Crippen molar-refractivity contribution in [3.63, 3.8) is 0 Å². The van der Waals surface area contributed by atoms with Gasteiger partial charge in [0, 0.05) is 5.56 Å². The molecule has 2 rings (SSSR count). The highest BCUT2D eigenvalue weighted by Crippen LogP contribution is 2.23. The van der Waals surface area contributed by atoms with Crippen molar-refractivity contribution in [2.24, 2.45) is 0 Å². The first-order valence-electron chi connectivity index (χ1n) is 6.54. The minimum Gasteiger partial charge on any atom is -0.496 e. The van der Waals surface area contributed by atoms with E-state index in [2.05, 4.69) is 15.3 Å². The van der Waals surface area contributed by atoms with Crippen molar-refractivity contribution in [2.75, 3.05) is 26.6 Å². The lowest BCUT2D eigenvalue weighted by Crippen LogP contribution is -2.16. The molecule has 116 valence electrons. The molecule has 0 unspecified atom stereocenters. The second-order valence-corrected chi connectivity index (χ2v) is 4.32. The quantitative estimate of drug-likeness (QED) is 0.874. The van der Waals surface area contributed by atoms with Crippen molar-refractivity contribution >= 4 is 11.6 Å². The largest absolute Gasteiger partial charge is 0.496 e. The molecule has 0 spiro atoms. The maximum atomic E-state index is 12.2. The van der Waals surface area contributed by atoms with Crippen molar-refractivity contribution in [3.8, 4) is 17.6 Å². The van der Waals surface area contributed by atoms with Crippen molar-refractivity contribution in [1.29, 1.82) is 0 Å². The van der Waals surface area contributed by atoms with Crippen LogP contribution in [0.15, 0.2) is 30.5 Å². The minimum absolute atomic E-state index is 0.166. The first-order valence-corrected chi connectivity index (χ1v) is 6.54. The van der Waals surface area contributed by atoms with Gasteiger partial charge >= 0.3 is 6.01 Å². The first kappa shape index (κ1) is 15.6. The molecule has 1 aromatic heterocycles. The molecule has 0 saturated carbocycles. The van der Waals surface area contributed by atoms with Crippen LogP contribution < -0.4 is 19.5 Å². The summed E-state index contributed by atoms with van der Waals surface area (Å²) in [6, 6.07) is 7.50. The first-order chi connectivity index (χ1) is 10.7. The molecule has 0 radical (unpaired) electrons. The van der Waals surface area contributed by atoms with E-state index in [1.807, 2.05) is 18.2 Å². The SMILES string of the molecule is COc1ncc(NC(=O)Cc2ccccc2OC)c(OC)n1. The predicted molar refractivity (Wildman–Crippen MR) is 80.5 cm³/mol. The van der Waals surface area contributed by atoms with Gasteiger partial charge in [0.05, 0.1) is 33.9 Å². The van der Waals surface area contributed by atoms with Gasteiger partial charge in [-0.05, 0) is 6.07 Å². The van der Waals surface area contributed by atoms with E-state index >= 15 is 0 Å². The fourth-order valence-corrected chi connectivity index (χ4v) is 1.91. The summed E-state index contributed by atoms with van der Waals surface area (Å²) >= 11 is 0. The molecule has 1 heterocycles. The van der Waals surface area contributed by atoms with E-state index in [1.165, 1.54) is 20.4 Å². The third-order valence-corrected chi connectivity index (χ3v) is 2.93. The van der Waals surface area contributed by atoms with Crippen LogP contribution in [-0.2, 0) is 11.2 Å². The Balaban J connectivity index is 2.12. The highest BCUT2D eigenvalue weighted by molar-refractivity contribution is 5.93. The van der Waals surface area contributed by atoms with Crippen LogP contribution in [0.4, 0.5) is 5.69 Å². The Morgan fingerprint density at radius 1 is 1.14 bits per heavy atom. The van der Waals surface area contributed by atoms with Crippen LogP contribution in [0.2, 0.25) is 0 Å². The average Bonchev–Trinajstić information content (AvgIpc) is 2.55. The zero-order chi connectivity index (χ0) is 15.9. The van der Waals surface area contributed by atoms with Crippen LogP contribution in [0.5, 0.6) is 17.6 Å². The summed E-state index contributed by atoms with van der Waals surface area (Å²) < 4.78 is 15.3. The Hall–Kier alpha value is -2.83. The molecule has 1 amide bonds. The van der Waals surface area contributed by atoms with E-state index in [0.29, 0.717) is 11.4 Å². The molecule has 0 aliphatic heterocycles. The molecule has 0 atom stereocenters. The minimum atomic E-state index is -0.225. The molecule has 22 heavy (non-hydrogen) atoms. The summed E-state index contributed by atoms with van der Waals surface area (Å²) in [7, 11) is 4.48. The smallest absolute Gasteiger partial charge is 0.319 e. The fraction of sp³-hybridized carbons (Fsp3) is 0.267. The molecule has 7 heteroatoms. The van der Waals surface area contributed by atoms with E-state index in [1.54, 1.807) is 13.2 Å². The maximum Gasteiger partial charge on any atom is 0.319 e.